The summed E-state index contributed by atoms with van der Waals surface area (Å²) in [4.78, 5) is 11.8. The van der Waals surface area contributed by atoms with Crippen LogP contribution in [0.2, 0.25) is 0 Å². The van der Waals surface area contributed by atoms with Crippen LogP contribution in [-0.4, -0.2) is 23.2 Å². The molecule has 0 saturated heterocycles. The second-order valence-corrected chi connectivity index (χ2v) is 5.03. The molecule has 1 aromatic rings. The fourth-order valence-electron chi connectivity index (χ4n) is 1.56. The number of rotatable bonds is 4. The molecule has 0 bridgehead atoms. The number of halogens is 2. The quantitative estimate of drug-likeness (QED) is 0.898. The summed E-state index contributed by atoms with van der Waals surface area (Å²) < 4.78 is 13.6. The van der Waals surface area contributed by atoms with Crippen LogP contribution in [0, 0.1) is 5.82 Å². The van der Waals surface area contributed by atoms with E-state index in [1.807, 2.05) is 0 Å². The molecule has 0 heterocycles. The van der Waals surface area contributed by atoms with E-state index in [4.69, 9.17) is 0 Å². The van der Waals surface area contributed by atoms with E-state index in [9.17, 15) is 14.3 Å². The number of carbonyl (C=O) groups is 1. The molecule has 0 aromatic heterocycles. The topological polar surface area (TPSA) is 49.3 Å². The van der Waals surface area contributed by atoms with Crippen molar-refractivity contribution in [3.63, 3.8) is 0 Å². The highest BCUT2D eigenvalue weighted by Crippen LogP contribution is 2.15. The standard InChI is InChI=1S/C12H15BrFNO2/c1-7(3-8(2)16)15-12(17)9-4-10(13)6-11(14)5-9/h4-8,16H,3H2,1-2H3,(H,15,17). The van der Waals surface area contributed by atoms with Gasteiger partial charge in [0.15, 0.2) is 0 Å². The van der Waals surface area contributed by atoms with Gasteiger partial charge >= 0.3 is 0 Å². The first kappa shape index (κ1) is 14.1. The van der Waals surface area contributed by atoms with Crippen molar-refractivity contribution in [2.24, 2.45) is 0 Å². The molecular formula is C12H15BrFNO2. The first-order valence-corrected chi connectivity index (χ1v) is 6.13. The second-order valence-electron chi connectivity index (χ2n) is 4.12. The van der Waals surface area contributed by atoms with E-state index in [0.29, 0.717) is 10.9 Å². The molecule has 0 spiro atoms. The third kappa shape index (κ3) is 4.83. The predicted molar refractivity (Wildman–Crippen MR) is 67.3 cm³/mol. The zero-order valence-electron chi connectivity index (χ0n) is 9.71. The average Bonchev–Trinajstić information content (AvgIpc) is 2.14. The van der Waals surface area contributed by atoms with Crippen LogP contribution in [0.4, 0.5) is 4.39 Å². The van der Waals surface area contributed by atoms with Gasteiger partial charge in [0.05, 0.1) is 6.10 Å². The van der Waals surface area contributed by atoms with Gasteiger partial charge in [0.2, 0.25) is 0 Å². The largest absolute Gasteiger partial charge is 0.393 e. The summed E-state index contributed by atoms with van der Waals surface area (Å²) in [5.74, 6) is -0.814. The molecule has 2 atom stereocenters. The summed E-state index contributed by atoms with van der Waals surface area (Å²) in [6, 6.07) is 3.85. The molecule has 0 aliphatic heterocycles. The Hall–Kier alpha value is -0.940. The van der Waals surface area contributed by atoms with Gasteiger partial charge in [-0.05, 0) is 38.5 Å². The van der Waals surface area contributed by atoms with Gasteiger partial charge < -0.3 is 10.4 Å². The molecule has 0 fully saturated rings. The normalized spacial score (nSPS) is 14.2. The number of carbonyl (C=O) groups excluding carboxylic acids is 1. The molecule has 2 N–H and O–H groups in total. The van der Waals surface area contributed by atoms with Crippen molar-refractivity contribution in [1.82, 2.24) is 5.32 Å². The SMILES string of the molecule is CC(O)CC(C)NC(=O)c1cc(F)cc(Br)c1. The van der Waals surface area contributed by atoms with E-state index < -0.39 is 11.9 Å². The number of aliphatic hydroxyl groups excluding tert-OH is 1. The van der Waals surface area contributed by atoms with E-state index in [1.165, 1.54) is 12.1 Å². The fourth-order valence-corrected chi connectivity index (χ4v) is 2.03. The molecule has 1 rings (SSSR count). The average molecular weight is 304 g/mol. The second kappa shape index (κ2) is 6.12. The minimum Gasteiger partial charge on any atom is -0.393 e. The third-order valence-electron chi connectivity index (χ3n) is 2.20. The number of hydrogen-bond donors (Lipinski definition) is 2. The lowest BCUT2D eigenvalue weighted by atomic mass is 10.1. The molecule has 5 heteroatoms. The predicted octanol–water partition coefficient (Wildman–Crippen LogP) is 2.48. The lowest BCUT2D eigenvalue weighted by Gasteiger charge is -2.15. The van der Waals surface area contributed by atoms with Gasteiger partial charge in [0.25, 0.3) is 5.91 Å². The zero-order valence-corrected chi connectivity index (χ0v) is 11.3. The minimum atomic E-state index is -0.482. The number of hydrogen-bond acceptors (Lipinski definition) is 2. The molecule has 0 aliphatic rings. The van der Waals surface area contributed by atoms with Crippen molar-refractivity contribution in [2.75, 3.05) is 0 Å². The number of aliphatic hydroxyl groups is 1. The van der Waals surface area contributed by atoms with Gasteiger partial charge in [-0.3, -0.25) is 4.79 Å². The van der Waals surface area contributed by atoms with E-state index in [1.54, 1.807) is 19.9 Å². The summed E-state index contributed by atoms with van der Waals surface area (Å²) >= 11 is 3.13. The van der Waals surface area contributed by atoms with Gasteiger partial charge in [-0.1, -0.05) is 15.9 Å². The Labute approximate surface area is 108 Å². The maximum Gasteiger partial charge on any atom is 0.251 e. The van der Waals surface area contributed by atoms with Gasteiger partial charge in [-0.25, -0.2) is 4.39 Å². The molecule has 3 nitrogen and oxygen atoms in total. The van der Waals surface area contributed by atoms with Crippen molar-refractivity contribution >= 4 is 21.8 Å². The molecule has 17 heavy (non-hydrogen) atoms. The Kier molecular flexibility index (Phi) is 5.08. The highest BCUT2D eigenvalue weighted by molar-refractivity contribution is 9.10. The van der Waals surface area contributed by atoms with Crippen molar-refractivity contribution in [1.29, 1.82) is 0 Å². The number of benzene rings is 1. The number of amides is 1. The van der Waals surface area contributed by atoms with Gasteiger partial charge in [-0.15, -0.1) is 0 Å². The monoisotopic (exact) mass is 303 g/mol. The van der Waals surface area contributed by atoms with Crippen LogP contribution in [0.15, 0.2) is 22.7 Å². The van der Waals surface area contributed by atoms with Crippen LogP contribution >= 0.6 is 15.9 Å². The molecule has 2 unspecified atom stereocenters. The van der Waals surface area contributed by atoms with Gasteiger partial charge in [0, 0.05) is 16.1 Å². The third-order valence-corrected chi connectivity index (χ3v) is 2.65. The Balaban J connectivity index is 2.69. The fraction of sp³-hybridized carbons (Fsp3) is 0.417. The van der Waals surface area contributed by atoms with Crippen molar-refractivity contribution in [3.8, 4) is 0 Å². The summed E-state index contributed by atoms with van der Waals surface area (Å²) in [5.41, 5.74) is 0.259. The molecule has 1 aromatic carbocycles. The first-order valence-electron chi connectivity index (χ1n) is 5.33. The smallest absolute Gasteiger partial charge is 0.251 e. The van der Waals surface area contributed by atoms with Crippen molar-refractivity contribution in [3.05, 3.63) is 34.1 Å². The summed E-state index contributed by atoms with van der Waals surface area (Å²) in [6.45, 7) is 3.44. The zero-order chi connectivity index (χ0) is 13.0. The molecular weight excluding hydrogens is 289 g/mol. The highest BCUT2D eigenvalue weighted by atomic mass is 79.9. The van der Waals surface area contributed by atoms with Crippen molar-refractivity contribution < 1.29 is 14.3 Å². The highest BCUT2D eigenvalue weighted by Gasteiger charge is 2.12. The number of nitrogens with one attached hydrogen (secondary N) is 1. The van der Waals surface area contributed by atoms with E-state index >= 15 is 0 Å². The van der Waals surface area contributed by atoms with E-state index in [2.05, 4.69) is 21.2 Å². The van der Waals surface area contributed by atoms with Gasteiger partial charge in [0.1, 0.15) is 5.82 Å². The molecule has 0 saturated carbocycles. The maximum absolute atomic E-state index is 13.1. The van der Waals surface area contributed by atoms with Crippen LogP contribution in [0.3, 0.4) is 0 Å². The summed E-state index contributed by atoms with van der Waals surface area (Å²) in [5, 5.41) is 11.9. The Morgan fingerprint density at radius 2 is 2.12 bits per heavy atom. The molecule has 94 valence electrons. The Morgan fingerprint density at radius 1 is 1.47 bits per heavy atom. The van der Waals surface area contributed by atoms with Gasteiger partial charge in [-0.2, -0.15) is 0 Å². The van der Waals surface area contributed by atoms with Crippen LogP contribution in [0.25, 0.3) is 0 Å². The van der Waals surface area contributed by atoms with Crippen LogP contribution in [0.5, 0.6) is 0 Å². The Morgan fingerprint density at radius 3 is 2.65 bits per heavy atom. The van der Waals surface area contributed by atoms with Crippen LogP contribution < -0.4 is 5.32 Å². The van der Waals surface area contributed by atoms with Crippen LogP contribution in [-0.2, 0) is 0 Å². The molecule has 0 radical (unpaired) electrons. The Bertz CT molecular complexity index is 389. The first-order chi connectivity index (χ1) is 7.88. The summed E-state index contributed by atoms with van der Waals surface area (Å²) in [7, 11) is 0. The minimum absolute atomic E-state index is 0.162. The lowest BCUT2D eigenvalue weighted by Crippen LogP contribution is -2.34. The molecule has 1 amide bonds. The maximum atomic E-state index is 13.1. The summed E-state index contributed by atoms with van der Waals surface area (Å²) in [6.07, 6.45) is -0.0214. The lowest BCUT2D eigenvalue weighted by molar-refractivity contribution is 0.0922. The van der Waals surface area contributed by atoms with E-state index in [0.717, 1.165) is 0 Å². The van der Waals surface area contributed by atoms with Crippen LogP contribution in [0.1, 0.15) is 30.6 Å². The van der Waals surface area contributed by atoms with Crippen molar-refractivity contribution in [2.45, 2.75) is 32.4 Å². The van der Waals surface area contributed by atoms with E-state index in [-0.39, 0.29) is 17.5 Å². The molecule has 0 aliphatic carbocycles.